The Hall–Kier alpha value is -1.22. The standard InChI is InChI=1S/C13H20N2O/c1-14-11-5-4-8-15(10-11)12-6-3-7-13(9-12)16-2/h3,6-7,9,11,14H,4-5,8,10H2,1-2H3. The summed E-state index contributed by atoms with van der Waals surface area (Å²) in [5, 5.41) is 3.36. The van der Waals surface area contributed by atoms with Crippen molar-refractivity contribution in [3.05, 3.63) is 24.3 Å². The number of piperidine rings is 1. The first-order valence-electron chi connectivity index (χ1n) is 5.89. The molecule has 1 atom stereocenters. The van der Waals surface area contributed by atoms with E-state index in [-0.39, 0.29) is 0 Å². The van der Waals surface area contributed by atoms with Crippen molar-refractivity contribution in [1.29, 1.82) is 0 Å². The molecule has 0 saturated carbocycles. The molecule has 0 radical (unpaired) electrons. The third-order valence-electron chi connectivity index (χ3n) is 3.25. The number of hydrogen-bond donors (Lipinski definition) is 1. The third kappa shape index (κ3) is 2.47. The Labute approximate surface area is 97.4 Å². The highest BCUT2D eigenvalue weighted by atomic mass is 16.5. The molecule has 1 unspecified atom stereocenters. The van der Waals surface area contributed by atoms with Crippen molar-refractivity contribution in [3.8, 4) is 5.75 Å². The number of rotatable bonds is 3. The lowest BCUT2D eigenvalue weighted by Gasteiger charge is -2.34. The monoisotopic (exact) mass is 220 g/mol. The van der Waals surface area contributed by atoms with E-state index in [1.807, 2.05) is 13.1 Å². The Morgan fingerprint density at radius 2 is 2.31 bits per heavy atom. The molecule has 1 aromatic rings. The molecule has 1 aromatic carbocycles. The Morgan fingerprint density at radius 1 is 1.44 bits per heavy atom. The Kier molecular flexibility index (Phi) is 3.67. The van der Waals surface area contributed by atoms with E-state index in [0.717, 1.165) is 18.8 Å². The minimum atomic E-state index is 0.611. The number of anilines is 1. The average molecular weight is 220 g/mol. The van der Waals surface area contributed by atoms with Gasteiger partial charge in [-0.1, -0.05) is 6.07 Å². The van der Waals surface area contributed by atoms with Gasteiger partial charge >= 0.3 is 0 Å². The smallest absolute Gasteiger partial charge is 0.120 e. The van der Waals surface area contributed by atoms with Crippen LogP contribution in [0.15, 0.2) is 24.3 Å². The van der Waals surface area contributed by atoms with E-state index in [0.29, 0.717) is 6.04 Å². The molecule has 0 amide bonds. The molecule has 16 heavy (non-hydrogen) atoms. The number of benzene rings is 1. The first-order chi connectivity index (χ1) is 7.83. The summed E-state index contributed by atoms with van der Waals surface area (Å²) in [6, 6.07) is 8.92. The second-order valence-corrected chi connectivity index (χ2v) is 4.28. The average Bonchev–Trinajstić information content (AvgIpc) is 2.39. The molecule has 0 spiro atoms. The van der Waals surface area contributed by atoms with Gasteiger partial charge in [0.1, 0.15) is 5.75 Å². The predicted octanol–water partition coefficient (Wildman–Crippen LogP) is 1.88. The molecule has 2 rings (SSSR count). The zero-order chi connectivity index (χ0) is 11.4. The van der Waals surface area contributed by atoms with Crippen molar-refractivity contribution in [3.63, 3.8) is 0 Å². The fourth-order valence-corrected chi connectivity index (χ4v) is 2.25. The summed E-state index contributed by atoms with van der Waals surface area (Å²) in [7, 11) is 3.76. The first-order valence-corrected chi connectivity index (χ1v) is 5.89. The van der Waals surface area contributed by atoms with Crippen LogP contribution in [0, 0.1) is 0 Å². The van der Waals surface area contributed by atoms with Gasteiger partial charge in [-0.15, -0.1) is 0 Å². The molecule has 88 valence electrons. The maximum Gasteiger partial charge on any atom is 0.120 e. The Morgan fingerprint density at radius 3 is 3.06 bits per heavy atom. The molecule has 0 aliphatic carbocycles. The van der Waals surface area contributed by atoms with Gasteiger partial charge in [0.15, 0.2) is 0 Å². The van der Waals surface area contributed by atoms with Gasteiger partial charge in [0.05, 0.1) is 7.11 Å². The number of nitrogens with one attached hydrogen (secondary N) is 1. The van der Waals surface area contributed by atoms with E-state index >= 15 is 0 Å². The topological polar surface area (TPSA) is 24.5 Å². The molecule has 1 saturated heterocycles. The van der Waals surface area contributed by atoms with Gasteiger partial charge in [0.25, 0.3) is 0 Å². The van der Waals surface area contributed by atoms with Crippen LogP contribution in [0.3, 0.4) is 0 Å². The fraction of sp³-hybridized carbons (Fsp3) is 0.538. The van der Waals surface area contributed by atoms with Gasteiger partial charge in [0, 0.05) is 30.9 Å². The van der Waals surface area contributed by atoms with Crippen LogP contribution in [0.4, 0.5) is 5.69 Å². The van der Waals surface area contributed by atoms with E-state index in [1.165, 1.54) is 18.5 Å². The summed E-state index contributed by atoms with van der Waals surface area (Å²) in [6.07, 6.45) is 2.53. The van der Waals surface area contributed by atoms with Crippen molar-refractivity contribution in [2.24, 2.45) is 0 Å². The largest absolute Gasteiger partial charge is 0.497 e. The summed E-state index contributed by atoms with van der Waals surface area (Å²) in [5.74, 6) is 0.934. The van der Waals surface area contributed by atoms with E-state index in [9.17, 15) is 0 Å². The Balaban J connectivity index is 2.10. The van der Waals surface area contributed by atoms with Crippen LogP contribution >= 0.6 is 0 Å². The van der Waals surface area contributed by atoms with Gasteiger partial charge in [0.2, 0.25) is 0 Å². The lowest BCUT2D eigenvalue weighted by molar-refractivity contribution is 0.413. The number of methoxy groups -OCH3 is 1. The number of ether oxygens (including phenoxy) is 1. The summed E-state index contributed by atoms with van der Waals surface area (Å²) in [5.41, 5.74) is 1.26. The summed E-state index contributed by atoms with van der Waals surface area (Å²) < 4.78 is 5.26. The molecule has 3 nitrogen and oxygen atoms in total. The molecule has 0 aromatic heterocycles. The zero-order valence-corrected chi connectivity index (χ0v) is 10.1. The van der Waals surface area contributed by atoms with E-state index in [1.54, 1.807) is 7.11 Å². The van der Waals surface area contributed by atoms with Crippen LogP contribution in [0.5, 0.6) is 5.75 Å². The second kappa shape index (κ2) is 5.21. The minimum absolute atomic E-state index is 0.611. The molecular weight excluding hydrogens is 200 g/mol. The second-order valence-electron chi connectivity index (χ2n) is 4.28. The predicted molar refractivity (Wildman–Crippen MR) is 67.3 cm³/mol. The fourth-order valence-electron chi connectivity index (χ4n) is 2.25. The van der Waals surface area contributed by atoms with Crippen LogP contribution in [-0.4, -0.2) is 33.3 Å². The molecule has 1 aliphatic heterocycles. The van der Waals surface area contributed by atoms with Crippen LogP contribution in [-0.2, 0) is 0 Å². The quantitative estimate of drug-likeness (QED) is 0.842. The highest BCUT2D eigenvalue weighted by molar-refractivity contribution is 5.51. The lowest BCUT2D eigenvalue weighted by Crippen LogP contribution is -2.44. The number of likely N-dealkylation sites (N-methyl/N-ethyl adjacent to an activating group) is 1. The van der Waals surface area contributed by atoms with Gasteiger partial charge in [-0.3, -0.25) is 0 Å². The molecule has 3 heteroatoms. The molecule has 1 aliphatic rings. The van der Waals surface area contributed by atoms with Crippen LogP contribution in [0.25, 0.3) is 0 Å². The van der Waals surface area contributed by atoms with Crippen molar-refractivity contribution in [2.75, 3.05) is 32.1 Å². The molecule has 1 fully saturated rings. The van der Waals surface area contributed by atoms with Crippen LogP contribution < -0.4 is 15.0 Å². The highest BCUT2D eigenvalue weighted by Gasteiger charge is 2.18. The number of nitrogens with zero attached hydrogens (tertiary/aromatic N) is 1. The Bertz CT molecular complexity index is 340. The summed E-state index contributed by atoms with van der Waals surface area (Å²) in [6.45, 7) is 2.23. The minimum Gasteiger partial charge on any atom is -0.497 e. The van der Waals surface area contributed by atoms with Gasteiger partial charge < -0.3 is 15.0 Å². The molecular formula is C13H20N2O. The zero-order valence-electron chi connectivity index (χ0n) is 10.1. The maximum absolute atomic E-state index is 5.26. The first kappa shape index (κ1) is 11.3. The van der Waals surface area contributed by atoms with Crippen LogP contribution in [0.1, 0.15) is 12.8 Å². The van der Waals surface area contributed by atoms with Crippen molar-refractivity contribution in [2.45, 2.75) is 18.9 Å². The maximum atomic E-state index is 5.26. The highest BCUT2D eigenvalue weighted by Crippen LogP contribution is 2.23. The van der Waals surface area contributed by atoms with Gasteiger partial charge in [-0.25, -0.2) is 0 Å². The third-order valence-corrected chi connectivity index (χ3v) is 3.25. The molecule has 0 bridgehead atoms. The number of hydrogen-bond acceptors (Lipinski definition) is 3. The lowest BCUT2D eigenvalue weighted by atomic mass is 10.1. The SMILES string of the molecule is CNC1CCCN(c2cccc(OC)c2)C1. The van der Waals surface area contributed by atoms with E-state index < -0.39 is 0 Å². The van der Waals surface area contributed by atoms with E-state index in [4.69, 9.17) is 4.74 Å². The molecule has 1 N–H and O–H groups in total. The van der Waals surface area contributed by atoms with Crippen LogP contribution in [0.2, 0.25) is 0 Å². The molecule has 1 heterocycles. The summed E-state index contributed by atoms with van der Waals surface area (Å²) >= 11 is 0. The normalized spacial score (nSPS) is 20.9. The van der Waals surface area contributed by atoms with Gasteiger partial charge in [-0.2, -0.15) is 0 Å². The van der Waals surface area contributed by atoms with Crippen molar-refractivity contribution in [1.82, 2.24) is 5.32 Å². The van der Waals surface area contributed by atoms with Crippen molar-refractivity contribution < 1.29 is 4.74 Å². The van der Waals surface area contributed by atoms with Gasteiger partial charge in [-0.05, 0) is 32.0 Å². The van der Waals surface area contributed by atoms with E-state index in [2.05, 4.69) is 28.4 Å². The summed E-state index contributed by atoms with van der Waals surface area (Å²) in [4.78, 5) is 2.42. The van der Waals surface area contributed by atoms with Crippen molar-refractivity contribution >= 4 is 5.69 Å².